The van der Waals surface area contributed by atoms with Gasteiger partial charge in [0.05, 0.1) is 6.10 Å². The Hall–Kier alpha value is -1.30. The molecule has 27 heavy (non-hydrogen) atoms. The van der Waals surface area contributed by atoms with Gasteiger partial charge >= 0.3 is 0 Å². The highest BCUT2D eigenvalue weighted by Gasteiger charge is 2.70. The van der Waals surface area contributed by atoms with Gasteiger partial charge in [-0.2, -0.15) is 0 Å². The van der Waals surface area contributed by atoms with Crippen LogP contribution < -0.4 is 0 Å². The summed E-state index contributed by atoms with van der Waals surface area (Å²) in [5.74, 6) is -0.539. The van der Waals surface area contributed by atoms with Crippen LogP contribution in [0.2, 0.25) is 0 Å². The third-order valence-corrected chi connectivity index (χ3v) is 8.65. The van der Waals surface area contributed by atoms with Gasteiger partial charge in [0.1, 0.15) is 12.2 Å². The van der Waals surface area contributed by atoms with E-state index in [0.717, 1.165) is 18.4 Å². The van der Waals surface area contributed by atoms with Crippen molar-refractivity contribution in [2.45, 2.75) is 58.2 Å². The van der Waals surface area contributed by atoms with E-state index in [0.29, 0.717) is 12.8 Å². The molecule has 0 spiro atoms. The molecule has 3 unspecified atom stereocenters. The van der Waals surface area contributed by atoms with Crippen LogP contribution in [0.1, 0.15) is 46.5 Å². The van der Waals surface area contributed by atoms with Crippen molar-refractivity contribution in [3.63, 3.8) is 0 Å². The first kappa shape index (κ1) is 19.0. The monoisotopic (exact) mass is 374 g/mol. The fourth-order valence-electron chi connectivity index (χ4n) is 7.37. The van der Waals surface area contributed by atoms with Crippen molar-refractivity contribution in [1.82, 2.24) is 0 Å². The smallest absolute Gasteiger partial charge is 0.190 e. The van der Waals surface area contributed by atoms with Gasteiger partial charge in [-0.25, -0.2) is 0 Å². The molecule has 0 aromatic rings. The van der Waals surface area contributed by atoms with Gasteiger partial charge in [0.2, 0.25) is 0 Å². The van der Waals surface area contributed by atoms with E-state index >= 15 is 0 Å². The maximum Gasteiger partial charge on any atom is 0.190 e. The highest BCUT2D eigenvalue weighted by molar-refractivity contribution is 6.01. The fraction of sp³-hybridized carbons (Fsp3) is 0.727. The Morgan fingerprint density at radius 3 is 2.70 bits per heavy atom. The summed E-state index contributed by atoms with van der Waals surface area (Å²) in [5.41, 5.74) is -1.62. The summed E-state index contributed by atoms with van der Waals surface area (Å²) in [5, 5.41) is 32.1. The van der Waals surface area contributed by atoms with Crippen molar-refractivity contribution in [2.24, 2.45) is 34.5 Å². The number of hydrogen-bond acceptors (Lipinski definition) is 5. The fourth-order valence-corrected chi connectivity index (χ4v) is 7.37. The summed E-state index contributed by atoms with van der Waals surface area (Å²) in [4.78, 5) is 24.4. The van der Waals surface area contributed by atoms with E-state index in [4.69, 9.17) is 0 Å². The minimum atomic E-state index is -1.60. The molecule has 5 heteroatoms. The van der Waals surface area contributed by atoms with Gasteiger partial charge in [-0.3, -0.25) is 9.59 Å². The van der Waals surface area contributed by atoms with Crippen LogP contribution in [0.15, 0.2) is 23.8 Å². The van der Waals surface area contributed by atoms with Crippen LogP contribution in [0.5, 0.6) is 0 Å². The number of fused-ring (bicyclic) bond motifs is 5. The summed E-state index contributed by atoms with van der Waals surface area (Å²) in [6.45, 7) is 5.23. The largest absolute Gasteiger partial charge is 0.393 e. The average molecular weight is 374 g/mol. The number of aliphatic hydroxyl groups is 3. The van der Waals surface area contributed by atoms with E-state index in [1.165, 1.54) is 0 Å². The maximum absolute atomic E-state index is 12.6. The highest BCUT2D eigenvalue weighted by atomic mass is 16.3. The Bertz CT molecular complexity index is 754. The van der Waals surface area contributed by atoms with E-state index in [1.54, 1.807) is 12.2 Å². The van der Waals surface area contributed by atoms with Gasteiger partial charge in [0.25, 0.3) is 0 Å². The normalized spacial score (nSPS) is 51.3. The molecule has 5 nitrogen and oxygen atoms in total. The van der Waals surface area contributed by atoms with Crippen LogP contribution in [0.4, 0.5) is 0 Å². The number of hydrogen-bond donors (Lipinski definition) is 3. The summed E-state index contributed by atoms with van der Waals surface area (Å²) >= 11 is 0. The number of aliphatic hydroxyl groups excluding tert-OH is 2. The summed E-state index contributed by atoms with van der Waals surface area (Å²) in [7, 11) is 0. The average Bonchev–Trinajstić information content (AvgIpc) is 2.82. The van der Waals surface area contributed by atoms with E-state index in [1.807, 2.05) is 19.9 Å². The second-order valence-corrected chi connectivity index (χ2v) is 9.70. The summed E-state index contributed by atoms with van der Waals surface area (Å²) in [6.07, 6.45) is 7.30. The lowest BCUT2D eigenvalue weighted by Gasteiger charge is -2.59. The van der Waals surface area contributed by atoms with Crippen molar-refractivity contribution >= 4 is 11.6 Å². The van der Waals surface area contributed by atoms with Crippen molar-refractivity contribution in [3.8, 4) is 0 Å². The number of carbonyl (C=O) groups excluding carboxylic acids is 2. The number of rotatable bonds is 2. The molecule has 8 atom stereocenters. The number of allylic oxidation sites excluding steroid dienone is 4. The molecule has 3 saturated carbocycles. The molecule has 0 bridgehead atoms. The molecule has 0 aliphatic heterocycles. The Kier molecular flexibility index (Phi) is 4.12. The van der Waals surface area contributed by atoms with E-state index in [2.05, 4.69) is 6.92 Å². The number of Topliss-reactive ketones (excluding diaryl/α,β-unsaturated/α-hetero) is 1. The molecule has 0 aromatic heterocycles. The topological polar surface area (TPSA) is 94.8 Å². The van der Waals surface area contributed by atoms with Crippen LogP contribution in [0, 0.1) is 34.5 Å². The molecule has 0 aromatic carbocycles. The molecule has 3 N–H and O–H groups in total. The van der Waals surface area contributed by atoms with Gasteiger partial charge in [-0.15, -0.1) is 0 Å². The van der Waals surface area contributed by atoms with Gasteiger partial charge in [0, 0.05) is 16.7 Å². The lowest BCUT2D eigenvalue weighted by Crippen LogP contribution is -2.62. The third kappa shape index (κ3) is 2.22. The van der Waals surface area contributed by atoms with E-state index in [-0.39, 0.29) is 34.9 Å². The Balaban J connectivity index is 1.78. The van der Waals surface area contributed by atoms with Gasteiger partial charge in [0.15, 0.2) is 11.6 Å². The second-order valence-electron chi connectivity index (χ2n) is 9.70. The van der Waals surface area contributed by atoms with E-state index < -0.39 is 29.5 Å². The summed E-state index contributed by atoms with van der Waals surface area (Å²) < 4.78 is 0. The molecule has 0 amide bonds. The van der Waals surface area contributed by atoms with Crippen molar-refractivity contribution in [1.29, 1.82) is 0 Å². The zero-order valence-electron chi connectivity index (χ0n) is 16.3. The molecule has 0 radical (unpaired) electrons. The lowest BCUT2D eigenvalue weighted by molar-refractivity contribution is -0.183. The minimum absolute atomic E-state index is 0.00784. The second kappa shape index (κ2) is 5.85. The zero-order valence-corrected chi connectivity index (χ0v) is 16.3. The van der Waals surface area contributed by atoms with Crippen LogP contribution in [-0.4, -0.2) is 45.2 Å². The van der Waals surface area contributed by atoms with Crippen molar-refractivity contribution in [3.05, 3.63) is 23.8 Å². The molecule has 148 valence electrons. The number of ketones is 2. The predicted molar refractivity (Wildman–Crippen MR) is 99.6 cm³/mol. The third-order valence-electron chi connectivity index (χ3n) is 8.65. The molecule has 4 aliphatic rings. The first-order valence-corrected chi connectivity index (χ1v) is 10.1. The molecular formula is C22H30O5. The van der Waals surface area contributed by atoms with Gasteiger partial charge in [-0.05, 0) is 55.6 Å². The quantitative estimate of drug-likeness (QED) is 0.685. The van der Waals surface area contributed by atoms with Crippen molar-refractivity contribution in [2.75, 3.05) is 6.61 Å². The minimum Gasteiger partial charge on any atom is -0.393 e. The van der Waals surface area contributed by atoms with Crippen LogP contribution in [-0.2, 0) is 9.59 Å². The van der Waals surface area contributed by atoms with Gasteiger partial charge in [-0.1, -0.05) is 32.4 Å². The first-order chi connectivity index (χ1) is 12.6. The van der Waals surface area contributed by atoms with Crippen molar-refractivity contribution < 1.29 is 24.9 Å². The summed E-state index contributed by atoms with van der Waals surface area (Å²) in [6, 6.07) is 0. The Morgan fingerprint density at radius 1 is 1.33 bits per heavy atom. The van der Waals surface area contributed by atoms with Crippen LogP contribution in [0.25, 0.3) is 0 Å². The lowest BCUT2D eigenvalue weighted by atomic mass is 9.46. The van der Waals surface area contributed by atoms with Crippen LogP contribution in [0.3, 0.4) is 0 Å². The maximum atomic E-state index is 12.6. The predicted octanol–water partition coefficient (Wildman–Crippen LogP) is 1.80. The SMILES string of the molecule is C[C@@H]1CC2C3CCC4=CC(=O)C=C[C@]4(C)C3[C@@H](O)C[C@]2(C)[C@@]1(O)C(=O)CO. The first-order valence-electron chi connectivity index (χ1n) is 10.1. The molecule has 4 rings (SSSR count). The highest BCUT2D eigenvalue weighted by Crippen LogP contribution is 2.68. The van der Waals surface area contributed by atoms with E-state index in [9.17, 15) is 24.9 Å². The Morgan fingerprint density at radius 2 is 2.04 bits per heavy atom. The number of carbonyl (C=O) groups is 2. The standard InChI is InChI=1S/C22H30O5/c1-12-8-16-15-5-4-13-9-14(24)6-7-20(13,2)19(15)17(25)10-21(16,3)22(12,27)18(26)11-23/h6-7,9,12,15-17,19,23,25,27H,4-5,8,10-11H2,1-3H3/t12-,15?,16?,17+,19?,20+,21+,22+/m1/s1. The Labute approximate surface area is 160 Å². The van der Waals surface area contributed by atoms with Gasteiger partial charge < -0.3 is 15.3 Å². The molecule has 0 heterocycles. The molecule has 3 fully saturated rings. The zero-order chi connectivity index (χ0) is 19.8. The van der Waals surface area contributed by atoms with Crippen LogP contribution >= 0.6 is 0 Å². The molecular weight excluding hydrogens is 344 g/mol. The molecule has 0 saturated heterocycles. The molecule has 4 aliphatic carbocycles.